The molecule has 0 saturated carbocycles. The number of amides is 1. The molecule has 0 spiro atoms. The molecule has 0 bridgehead atoms. The van der Waals surface area contributed by atoms with Gasteiger partial charge in [0.2, 0.25) is 23.5 Å². The number of nitrogens with zero attached hydrogens (tertiary/aromatic N) is 4. The highest BCUT2D eigenvalue weighted by atomic mass is 16.4. The molecule has 3 N–H and O–H groups in total. The van der Waals surface area contributed by atoms with E-state index in [2.05, 4.69) is 16.9 Å². The molecule has 0 radical (unpaired) electrons. The van der Waals surface area contributed by atoms with E-state index in [-0.39, 0.29) is 24.7 Å². The van der Waals surface area contributed by atoms with Gasteiger partial charge in [0, 0.05) is 25.9 Å². The highest BCUT2D eigenvalue weighted by Crippen LogP contribution is 2.35. The maximum absolute atomic E-state index is 11.9. The van der Waals surface area contributed by atoms with Crippen LogP contribution in [0, 0.1) is 5.92 Å². The molecule has 1 unspecified atom stereocenters. The number of aliphatic imine (C=N–C) groups is 2. The lowest BCUT2D eigenvalue weighted by atomic mass is 9.99. The second-order valence-electron chi connectivity index (χ2n) is 5.90. The number of piperidine rings is 1. The lowest BCUT2D eigenvalue weighted by Crippen LogP contribution is -2.59. The van der Waals surface area contributed by atoms with E-state index in [1.54, 1.807) is 0 Å². The predicted octanol–water partition coefficient (Wildman–Crippen LogP) is -0.194. The molecule has 3 heterocycles. The number of carbonyl (C=O) groups is 2. The van der Waals surface area contributed by atoms with Crippen molar-refractivity contribution >= 4 is 23.8 Å². The SMILES string of the molecule is CC1CCN(C2=NC3(C(=O)O)CCC(=O)N3C(N)=N2)CC1. The van der Waals surface area contributed by atoms with Crippen molar-refractivity contribution in [3.63, 3.8) is 0 Å². The topological polar surface area (TPSA) is 112 Å². The Balaban J connectivity index is 1.96. The number of aliphatic carboxylic acids is 1. The third-order valence-electron chi connectivity index (χ3n) is 4.44. The molecule has 21 heavy (non-hydrogen) atoms. The molecule has 1 amide bonds. The van der Waals surface area contributed by atoms with Gasteiger partial charge in [0.1, 0.15) is 0 Å². The van der Waals surface area contributed by atoms with Gasteiger partial charge < -0.3 is 15.7 Å². The van der Waals surface area contributed by atoms with Gasteiger partial charge in [0.15, 0.2) is 0 Å². The number of guanidine groups is 2. The van der Waals surface area contributed by atoms with E-state index in [1.165, 1.54) is 0 Å². The summed E-state index contributed by atoms with van der Waals surface area (Å²) in [6, 6.07) is 0. The fraction of sp³-hybridized carbons (Fsp3) is 0.692. The Bertz CT molecular complexity index is 550. The first-order chi connectivity index (χ1) is 9.94. The summed E-state index contributed by atoms with van der Waals surface area (Å²) in [5.41, 5.74) is 4.23. The van der Waals surface area contributed by atoms with Gasteiger partial charge in [-0.15, -0.1) is 0 Å². The molecule has 3 rings (SSSR count). The van der Waals surface area contributed by atoms with Gasteiger partial charge >= 0.3 is 5.97 Å². The van der Waals surface area contributed by atoms with E-state index in [0.29, 0.717) is 11.9 Å². The average molecular weight is 293 g/mol. The summed E-state index contributed by atoms with van der Waals surface area (Å²) in [6.45, 7) is 3.74. The Morgan fingerprint density at radius 3 is 2.71 bits per heavy atom. The van der Waals surface area contributed by atoms with E-state index in [9.17, 15) is 14.7 Å². The molecular formula is C13H19N5O3. The summed E-state index contributed by atoms with van der Waals surface area (Å²) < 4.78 is 0. The number of carboxylic acid groups (broad SMARTS) is 1. The minimum Gasteiger partial charge on any atom is -0.478 e. The first-order valence-electron chi connectivity index (χ1n) is 7.19. The standard InChI is InChI=1S/C13H19N5O3/c1-8-3-6-17(7-4-8)12-15-11(14)18-9(19)2-5-13(18,16-12)10(20)21/h8H,2-7H2,1H3,(H,20,21)(H2,14,15,16). The van der Waals surface area contributed by atoms with Gasteiger partial charge in [-0.25, -0.2) is 14.7 Å². The van der Waals surface area contributed by atoms with Gasteiger partial charge in [-0.05, 0) is 18.8 Å². The van der Waals surface area contributed by atoms with Crippen molar-refractivity contribution in [3.8, 4) is 0 Å². The van der Waals surface area contributed by atoms with Gasteiger partial charge in [-0.2, -0.15) is 4.99 Å². The molecule has 2 fully saturated rings. The Morgan fingerprint density at radius 1 is 1.43 bits per heavy atom. The van der Waals surface area contributed by atoms with E-state index < -0.39 is 11.6 Å². The van der Waals surface area contributed by atoms with Crippen molar-refractivity contribution in [2.75, 3.05) is 13.1 Å². The monoisotopic (exact) mass is 293 g/mol. The molecule has 8 heteroatoms. The van der Waals surface area contributed by atoms with Gasteiger partial charge in [-0.3, -0.25) is 4.79 Å². The van der Waals surface area contributed by atoms with Crippen LogP contribution in [-0.2, 0) is 9.59 Å². The summed E-state index contributed by atoms with van der Waals surface area (Å²) in [4.78, 5) is 35.0. The molecule has 0 aromatic rings. The fourth-order valence-electron chi connectivity index (χ4n) is 3.08. The van der Waals surface area contributed by atoms with Crippen molar-refractivity contribution in [1.29, 1.82) is 0 Å². The lowest BCUT2D eigenvalue weighted by Gasteiger charge is -2.38. The highest BCUT2D eigenvalue weighted by Gasteiger charge is 2.56. The molecule has 3 aliphatic rings. The number of nitrogens with two attached hydrogens (primary N) is 1. The van der Waals surface area contributed by atoms with Crippen molar-refractivity contribution in [2.24, 2.45) is 21.6 Å². The Labute approximate surface area is 122 Å². The number of rotatable bonds is 1. The van der Waals surface area contributed by atoms with Gasteiger partial charge in [-0.1, -0.05) is 6.92 Å². The fourth-order valence-corrected chi connectivity index (χ4v) is 3.08. The Kier molecular flexibility index (Phi) is 3.11. The maximum atomic E-state index is 11.9. The van der Waals surface area contributed by atoms with Crippen LogP contribution >= 0.6 is 0 Å². The average Bonchev–Trinajstić information content (AvgIpc) is 2.79. The summed E-state index contributed by atoms with van der Waals surface area (Å²) in [5, 5.41) is 9.56. The number of hydrogen-bond acceptors (Lipinski definition) is 6. The number of likely N-dealkylation sites (tertiary alicyclic amines) is 1. The van der Waals surface area contributed by atoms with E-state index in [4.69, 9.17) is 5.73 Å². The van der Waals surface area contributed by atoms with Crippen molar-refractivity contribution in [1.82, 2.24) is 9.80 Å². The summed E-state index contributed by atoms with van der Waals surface area (Å²) in [6.07, 6.45) is 2.27. The zero-order valence-electron chi connectivity index (χ0n) is 11.9. The van der Waals surface area contributed by atoms with Crippen LogP contribution in [0.3, 0.4) is 0 Å². The number of carboxylic acids is 1. The first kappa shape index (κ1) is 13.8. The van der Waals surface area contributed by atoms with Gasteiger partial charge in [0.05, 0.1) is 0 Å². The lowest BCUT2D eigenvalue weighted by molar-refractivity contribution is -0.150. The van der Waals surface area contributed by atoms with Crippen LogP contribution in [0.1, 0.15) is 32.6 Å². The molecule has 114 valence electrons. The van der Waals surface area contributed by atoms with Crippen LogP contribution in [0.5, 0.6) is 0 Å². The maximum Gasteiger partial charge on any atom is 0.353 e. The van der Waals surface area contributed by atoms with E-state index in [1.807, 2.05) is 4.90 Å². The van der Waals surface area contributed by atoms with Crippen LogP contribution in [0.25, 0.3) is 0 Å². The highest BCUT2D eigenvalue weighted by molar-refractivity contribution is 6.10. The normalized spacial score (nSPS) is 30.0. The third-order valence-corrected chi connectivity index (χ3v) is 4.44. The van der Waals surface area contributed by atoms with Crippen LogP contribution in [0.2, 0.25) is 0 Å². The van der Waals surface area contributed by atoms with Gasteiger partial charge in [0.25, 0.3) is 0 Å². The summed E-state index contributed by atoms with van der Waals surface area (Å²) in [5.74, 6) is -0.580. The summed E-state index contributed by atoms with van der Waals surface area (Å²) in [7, 11) is 0. The molecular weight excluding hydrogens is 274 g/mol. The van der Waals surface area contributed by atoms with Crippen molar-refractivity contribution < 1.29 is 14.7 Å². The molecule has 1 atom stereocenters. The zero-order valence-corrected chi connectivity index (χ0v) is 11.9. The van der Waals surface area contributed by atoms with Crippen LogP contribution < -0.4 is 5.73 Å². The minimum absolute atomic E-state index is 0.0662. The number of fused-ring (bicyclic) bond motifs is 1. The number of hydrogen-bond donors (Lipinski definition) is 2. The molecule has 0 aromatic carbocycles. The largest absolute Gasteiger partial charge is 0.478 e. The molecule has 0 aliphatic carbocycles. The molecule has 2 saturated heterocycles. The van der Waals surface area contributed by atoms with Crippen LogP contribution in [-0.4, -0.2) is 57.5 Å². The second-order valence-corrected chi connectivity index (χ2v) is 5.90. The molecule has 3 aliphatic heterocycles. The van der Waals surface area contributed by atoms with E-state index in [0.717, 1.165) is 30.8 Å². The zero-order chi connectivity index (χ0) is 15.2. The summed E-state index contributed by atoms with van der Waals surface area (Å²) >= 11 is 0. The van der Waals surface area contributed by atoms with Crippen LogP contribution in [0.15, 0.2) is 9.98 Å². The Hall–Kier alpha value is -2.12. The van der Waals surface area contributed by atoms with Crippen LogP contribution in [0.4, 0.5) is 0 Å². The Morgan fingerprint density at radius 2 is 2.10 bits per heavy atom. The molecule has 8 nitrogen and oxygen atoms in total. The minimum atomic E-state index is -1.61. The van der Waals surface area contributed by atoms with Crippen molar-refractivity contribution in [2.45, 2.75) is 38.3 Å². The number of carbonyl (C=O) groups excluding carboxylic acids is 1. The van der Waals surface area contributed by atoms with E-state index >= 15 is 0 Å². The molecule has 0 aromatic heterocycles. The third kappa shape index (κ3) is 2.05. The second kappa shape index (κ2) is 4.71. The predicted molar refractivity (Wildman–Crippen MR) is 75.5 cm³/mol. The van der Waals surface area contributed by atoms with Crippen molar-refractivity contribution in [3.05, 3.63) is 0 Å². The smallest absolute Gasteiger partial charge is 0.353 e. The first-order valence-corrected chi connectivity index (χ1v) is 7.19. The quantitative estimate of drug-likeness (QED) is 0.695.